The quantitative estimate of drug-likeness (QED) is 0.737. The van der Waals surface area contributed by atoms with Gasteiger partial charge in [0.15, 0.2) is 0 Å². The highest BCUT2D eigenvalue weighted by Gasteiger charge is 2.31. The molecule has 180 valence electrons. The van der Waals surface area contributed by atoms with Crippen molar-refractivity contribution in [1.82, 2.24) is 9.80 Å². The molecular weight excluding hydrogens is 420 g/mol. The first-order chi connectivity index (χ1) is 15.9. The highest BCUT2D eigenvalue weighted by atomic mass is 16.5. The largest absolute Gasteiger partial charge is 0.378 e. The Morgan fingerprint density at radius 1 is 0.939 bits per heavy atom. The molecule has 3 aliphatic rings. The minimum absolute atomic E-state index is 0.0431. The van der Waals surface area contributed by atoms with Crippen LogP contribution in [-0.4, -0.2) is 80.0 Å². The monoisotopic (exact) mass is 456 g/mol. The van der Waals surface area contributed by atoms with Crippen molar-refractivity contribution >= 4 is 29.1 Å². The summed E-state index contributed by atoms with van der Waals surface area (Å²) in [5, 5.41) is 2.92. The molecule has 0 aromatic heterocycles. The van der Waals surface area contributed by atoms with Crippen molar-refractivity contribution in [3.63, 3.8) is 0 Å². The summed E-state index contributed by atoms with van der Waals surface area (Å²) in [6.45, 7) is 8.61. The van der Waals surface area contributed by atoms with Gasteiger partial charge in [-0.2, -0.15) is 0 Å². The van der Waals surface area contributed by atoms with E-state index in [9.17, 15) is 14.4 Å². The lowest BCUT2D eigenvalue weighted by Gasteiger charge is -2.38. The topological polar surface area (TPSA) is 82.2 Å². The maximum Gasteiger partial charge on any atom is 0.256 e. The first kappa shape index (κ1) is 23.5. The molecule has 2 heterocycles. The van der Waals surface area contributed by atoms with E-state index in [1.165, 1.54) is 0 Å². The lowest BCUT2D eigenvalue weighted by Crippen LogP contribution is -2.50. The Hall–Kier alpha value is -2.61. The summed E-state index contributed by atoms with van der Waals surface area (Å²) in [5.41, 5.74) is 2.08. The molecule has 2 saturated heterocycles. The molecule has 0 bridgehead atoms. The van der Waals surface area contributed by atoms with Crippen LogP contribution in [-0.2, 0) is 14.3 Å². The molecule has 2 aliphatic heterocycles. The Bertz CT molecular complexity index is 867. The second-order valence-electron chi connectivity index (χ2n) is 9.57. The van der Waals surface area contributed by atoms with Gasteiger partial charge in [0.1, 0.15) is 0 Å². The maximum absolute atomic E-state index is 13.4. The smallest absolute Gasteiger partial charge is 0.256 e. The van der Waals surface area contributed by atoms with Crippen LogP contribution in [0.2, 0.25) is 0 Å². The average Bonchev–Trinajstić information content (AvgIpc) is 3.39. The molecule has 0 atom stereocenters. The highest BCUT2D eigenvalue weighted by Crippen LogP contribution is 2.30. The number of ether oxygens (including phenoxy) is 1. The average molecular weight is 457 g/mol. The molecule has 0 spiro atoms. The molecule has 1 aromatic carbocycles. The summed E-state index contributed by atoms with van der Waals surface area (Å²) in [4.78, 5) is 44.5. The Morgan fingerprint density at radius 2 is 1.61 bits per heavy atom. The SMILES string of the molecule is CC(C)C(=O)Nc1ccc(N2CCN(C(=O)C3CCCC3)CC2)c(C(=O)N2CCOCC2)c1. The Morgan fingerprint density at radius 3 is 2.24 bits per heavy atom. The number of nitrogens with one attached hydrogen (secondary N) is 1. The molecule has 1 aliphatic carbocycles. The fraction of sp³-hybridized carbons (Fsp3) is 0.640. The third-order valence-corrected chi connectivity index (χ3v) is 6.95. The summed E-state index contributed by atoms with van der Waals surface area (Å²) < 4.78 is 5.41. The fourth-order valence-electron chi connectivity index (χ4n) is 4.88. The number of hydrogen-bond acceptors (Lipinski definition) is 5. The summed E-state index contributed by atoms with van der Waals surface area (Å²) >= 11 is 0. The van der Waals surface area contributed by atoms with E-state index in [4.69, 9.17) is 4.74 Å². The molecule has 1 aromatic rings. The lowest BCUT2D eigenvalue weighted by atomic mass is 10.0. The van der Waals surface area contributed by atoms with Crippen LogP contribution in [0.5, 0.6) is 0 Å². The number of benzene rings is 1. The minimum atomic E-state index is -0.145. The lowest BCUT2D eigenvalue weighted by molar-refractivity contribution is -0.135. The second-order valence-corrected chi connectivity index (χ2v) is 9.57. The van der Waals surface area contributed by atoms with Gasteiger partial charge in [-0.25, -0.2) is 0 Å². The molecule has 33 heavy (non-hydrogen) atoms. The van der Waals surface area contributed by atoms with Crippen molar-refractivity contribution < 1.29 is 19.1 Å². The standard InChI is InChI=1S/C25H36N4O4/c1-18(2)23(30)26-20-7-8-22(21(17-20)25(32)29-13-15-33-16-14-29)27-9-11-28(12-10-27)24(31)19-5-3-4-6-19/h7-8,17-19H,3-6,9-16H2,1-2H3,(H,26,30). The number of piperazine rings is 1. The van der Waals surface area contributed by atoms with Crippen molar-refractivity contribution in [3.05, 3.63) is 23.8 Å². The zero-order valence-electron chi connectivity index (χ0n) is 19.8. The van der Waals surface area contributed by atoms with Gasteiger partial charge in [0.2, 0.25) is 11.8 Å². The molecule has 3 amide bonds. The normalized spacial score (nSPS) is 19.8. The number of morpholine rings is 1. The third kappa shape index (κ3) is 5.49. The van der Waals surface area contributed by atoms with E-state index in [2.05, 4.69) is 10.2 Å². The summed E-state index contributed by atoms with van der Waals surface area (Å²) in [6.07, 6.45) is 4.34. The predicted octanol–water partition coefficient (Wildman–Crippen LogP) is 2.59. The molecule has 8 nitrogen and oxygen atoms in total. The van der Waals surface area contributed by atoms with Gasteiger partial charge in [-0.1, -0.05) is 26.7 Å². The zero-order chi connectivity index (χ0) is 23.4. The maximum atomic E-state index is 13.4. The fourth-order valence-corrected chi connectivity index (χ4v) is 4.88. The van der Waals surface area contributed by atoms with E-state index in [0.717, 1.165) is 31.4 Å². The van der Waals surface area contributed by atoms with Gasteiger partial charge in [0, 0.05) is 62.5 Å². The summed E-state index contributed by atoms with van der Waals surface area (Å²) in [7, 11) is 0. The van der Waals surface area contributed by atoms with Gasteiger partial charge in [-0.05, 0) is 31.0 Å². The van der Waals surface area contributed by atoms with E-state index < -0.39 is 0 Å². The molecule has 1 N–H and O–H groups in total. The molecule has 0 radical (unpaired) electrons. The van der Waals surface area contributed by atoms with Crippen LogP contribution in [0.1, 0.15) is 49.9 Å². The summed E-state index contributed by atoms with van der Waals surface area (Å²) in [6, 6.07) is 5.59. The van der Waals surface area contributed by atoms with Gasteiger partial charge in [-0.3, -0.25) is 14.4 Å². The van der Waals surface area contributed by atoms with Crippen LogP contribution in [0.3, 0.4) is 0 Å². The van der Waals surface area contributed by atoms with Crippen molar-refractivity contribution in [2.45, 2.75) is 39.5 Å². The zero-order valence-corrected chi connectivity index (χ0v) is 19.8. The van der Waals surface area contributed by atoms with Crippen LogP contribution in [0.15, 0.2) is 18.2 Å². The van der Waals surface area contributed by atoms with E-state index >= 15 is 0 Å². The molecule has 0 unspecified atom stereocenters. The number of amides is 3. The van der Waals surface area contributed by atoms with E-state index in [-0.39, 0.29) is 23.7 Å². The molecule has 1 saturated carbocycles. The van der Waals surface area contributed by atoms with Crippen molar-refractivity contribution in [1.29, 1.82) is 0 Å². The van der Waals surface area contributed by atoms with Crippen LogP contribution < -0.4 is 10.2 Å². The number of carbonyl (C=O) groups is 3. The van der Waals surface area contributed by atoms with Gasteiger partial charge in [0.25, 0.3) is 5.91 Å². The van der Waals surface area contributed by atoms with Crippen molar-refractivity contribution in [3.8, 4) is 0 Å². The third-order valence-electron chi connectivity index (χ3n) is 6.95. The number of anilines is 2. The minimum Gasteiger partial charge on any atom is -0.378 e. The van der Waals surface area contributed by atoms with Crippen molar-refractivity contribution in [2.75, 3.05) is 62.7 Å². The highest BCUT2D eigenvalue weighted by molar-refractivity contribution is 6.02. The Balaban J connectivity index is 1.51. The van der Waals surface area contributed by atoms with Gasteiger partial charge >= 0.3 is 0 Å². The molecule has 3 fully saturated rings. The van der Waals surface area contributed by atoms with E-state index in [1.807, 2.05) is 35.8 Å². The van der Waals surface area contributed by atoms with Gasteiger partial charge in [-0.15, -0.1) is 0 Å². The number of carbonyl (C=O) groups excluding carboxylic acids is 3. The molecular formula is C25H36N4O4. The van der Waals surface area contributed by atoms with E-state index in [0.29, 0.717) is 69.6 Å². The number of nitrogens with zero attached hydrogens (tertiary/aromatic N) is 3. The first-order valence-electron chi connectivity index (χ1n) is 12.3. The Labute approximate surface area is 196 Å². The molecule has 8 heteroatoms. The van der Waals surface area contributed by atoms with Crippen LogP contribution >= 0.6 is 0 Å². The van der Waals surface area contributed by atoms with Gasteiger partial charge < -0.3 is 24.8 Å². The summed E-state index contributed by atoms with van der Waals surface area (Å²) in [5.74, 6) is 0.223. The van der Waals surface area contributed by atoms with Crippen LogP contribution in [0.4, 0.5) is 11.4 Å². The van der Waals surface area contributed by atoms with E-state index in [1.54, 1.807) is 6.07 Å². The molecule has 4 rings (SSSR count). The van der Waals surface area contributed by atoms with Crippen molar-refractivity contribution in [2.24, 2.45) is 11.8 Å². The number of hydrogen-bond donors (Lipinski definition) is 1. The Kier molecular flexibility index (Phi) is 7.53. The first-order valence-corrected chi connectivity index (χ1v) is 12.3. The second kappa shape index (κ2) is 10.5. The van der Waals surface area contributed by atoms with Crippen LogP contribution in [0.25, 0.3) is 0 Å². The van der Waals surface area contributed by atoms with Gasteiger partial charge in [0.05, 0.1) is 18.8 Å². The predicted molar refractivity (Wildman–Crippen MR) is 127 cm³/mol. The number of rotatable bonds is 5. The van der Waals surface area contributed by atoms with Crippen LogP contribution in [0, 0.1) is 11.8 Å².